The summed E-state index contributed by atoms with van der Waals surface area (Å²) >= 11 is 0. The van der Waals surface area contributed by atoms with Crippen molar-refractivity contribution < 1.29 is 19.1 Å². The van der Waals surface area contributed by atoms with E-state index < -0.39 is 17.4 Å². The molecule has 1 aliphatic carbocycles. The molecule has 0 radical (unpaired) electrons. The topological polar surface area (TPSA) is 52.6 Å². The first-order valence-corrected chi connectivity index (χ1v) is 15.0. The molecule has 218 valence electrons. The zero-order chi connectivity index (χ0) is 30.7. The van der Waals surface area contributed by atoms with Crippen LogP contribution in [0.4, 0.5) is 0 Å². The summed E-state index contributed by atoms with van der Waals surface area (Å²) in [5.74, 6) is 0.00866. The minimum atomic E-state index is -0.965. The van der Waals surface area contributed by atoms with Crippen molar-refractivity contribution >= 4 is 11.9 Å². The minimum absolute atomic E-state index is 0.521. The van der Waals surface area contributed by atoms with E-state index in [1.165, 1.54) is 12.2 Å². The molecule has 0 N–H and O–H groups in total. The van der Waals surface area contributed by atoms with Crippen molar-refractivity contribution in [3.05, 3.63) is 143 Å². The molecular formula is C39H38O4. The van der Waals surface area contributed by atoms with Gasteiger partial charge in [-0.1, -0.05) is 113 Å². The summed E-state index contributed by atoms with van der Waals surface area (Å²) in [6.45, 7) is 15.7. The molecule has 0 unspecified atom stereocenters. The molecule has 0 spiro atoms. The zero-order valence-electron chi connectivity index (χ0n) is 25.5. The van der Waals surface area contributed by atoms with E-state index in [0.717, 1.165) is 81.3 Å². The largest absolute Gasteiger partial charge is 0.423 e. The summed E-state index contributed by atoms with van der Waals surface area (Å²) in [7, 11) is 0. The van der Waals surface area contributed by atoms with Crippen molar-refractivity contribution in [1.29, 1.82) is 0 Å². The molecule has 0 aromatic heterocycles. The van der Waals surface area contributed by atoms with Crippen LogP contribution < -0.4 is 9.47 Å². The molecule has 0 amide bonds. The molecule has 43 heavy (non-hydrogen) atoms. The number of aryl methyl sites for hydroxylation is 2. The first kappa shape index (κ1) is 29.8. The van der Waals surface area contributed by atoms with Crippen LogP contribution >= 0.6 is 0 Å². The number of hydrogen-bond donors (Lipinski definition) is 0. The highest BCUT2D eigenvalue weighted by Gasteiger charge is 2.50. The van der Waals surface area contributed by atoms with Crippen LogP contribution in [0.15, 0.2) is 98.1 Å². The molecule has 0 fully saturated rings. The molecule has 1 aliphatic rings. The number of rotatable bonds is 10. The Kier molecular flexibility index (Phi) is 8.50. The van der Waals surface area contributed by atoms with Gasteiger partial charge in [-0.15, -0.1) is 0 Å². The molecule has 4 heteroatoms. The lowest BCUT2D eigenvalue weighted by Crippen LogP contribution is -2.31. The number of esters is 2. The van der Waals surface area contributed by atoms with Gasteiger partial charge in [-0.25, -0.2) is 9.59 Å². The molecule has 4 aromatic rings. The van der Waals surface area contributed by atoms with Crippen molar-refractivity contribution in [1.82, 2.24) is 0 Å². The molecule has 0 bridgehead atoms. The molecule has 5 rings (SSSR count). The van der Waals surface area contributed by atoms with E-state index in [4.69, 9.17) is 9.47 Å². The maximum atomic E-state index is 13.0. The minimum Gasteiger partial charge on any atom is -0.423 e. The molecule has 4 nitrogen and oxygen atoms in total. The van der Waals surface area contributed by atoms with Crippen molar-refractivity contribution in [3.63, 3.8) is 0 Å². The van der Waals surface area contributed by atoms with Gasteiger partial charge in [0.15, 0.2) is 0 Å². The number of fused-ring (bicyclic) bond motifs is 3. The summed E-state index contributed by atoms with van der Waals surface area (Å²) < 4.78 is 12.4. The van der Waals surface area contributed by atoms with Crippen molar-refractivity contribution in [2.24, 2.45) is 0 Å². The molecule has 0 atom stereocenters. The van der Waals surface area contributed by atoms with Crippen LogP contribution in [0.1, 0.15) is 71.2 Å². The number of carbonyl (C=O) groups is 2. The third-order valence-corrected chi connectivity index (χ3v) is 8.49. The summed E-state index contributed by atoms with van der Waals surface area (Å²) in [6, 6.07) is 25.0. The number of benzene rings is 4. The van der Waals surface area contributed by atoms with E-state index in [1.807, 2.05) is 38.1 Å². The highest BCUT2D eigenvalue weighted by atomic mass is 16.5. The maximum absolute atomic E-state index is 13.0. The summed E-state index contributed by atoms with van der Waals surface area (Å²) in [5, 5.41) is 0. The second-order valence-electron chi connectivity index (χ2n) is 11.1. The quantitative estimate of drug-likeness (QED) is 0.0957. The molecule has 0 aliphatic heterocycles. The van der Waals surface area contributed by atoms with Gasteiger partial charge in [0.05, 0.1) is 5.41 Å². The van der Waals surface area contributed by atoms with Crippen LogP contribution in [0.3, 0.4) is 0 Å². The SMILES string of the molecule is C=CC(=O)Oc1c(C2(c3ccc(C)c(CCC)c3OC(=O)C=C)c3ccccc3-c3ccccc32)ccc(C)c1CCC. The van der Waals surface area contributed by atoms with Crippen molar-refractivity contribution in [3.8, 4) is 22.6 Å². The van der Waals surface area contributed by atoms with E-state index in [0.29, 0.717) is 11.5 Å². The summed E-state index contributed by atoms with van der Waals surface area (Å²) in [6.07, 6.45) is 5.60. The Morgan fingerprint density at radius 1 is 0.628 bits per heavy atom. The van der Waals surface area contributed by atoms with Gasteiger partial charge in [0, 0.05) is 23.3 Å². The molecule has 0 heterocycles. The Bertz CT molecular complexity index is 1610. The molecule has 0 saturated carbocycles. The Morgan fingerprint density at radius 2 is 1.02 bits per heavy atom. The second-order valence-corrected chi connectivity index (χ2v) is 11.1. The third kappa shape index (κ3) is 4.91. The van der Waals surface area contributed by atoms with Crippen LogP contribution in [-0.4, -0.2) is 11.9 Å². The van der Waals surface area contributed by atoms with Crippen LogP contribution in [0, 0.1) is 13.8 Å². The first-order chi connectivity index (χ1) is 20.8. The highest BCUT2D eigenvalue weighted by Crippen LogP contribution is 2.60. The predicted molar refractivity (Wildman–Crippen MR) is 173 cm³/mol. The standard InChI is InChI=1S/C39H38O4/c1-7-15-27-25(5)21-23-33(37(27)42-35(40)9-3)39(31-19-13-11-17-29(31)30-18-12-14-20-32(30)39)34-24-22-26(6)28(16-8-2)38(34)43-36(41)10-4/h9-14,17-24H,3-4,7-8,15-16H2,1-2,5-6H3. The van der Waals surface area contributed by atoms with Gasteiger partial charge in [-0.2, -0.15) is 0 Å². The van der Waals surface area contributed by atoms with E-state index >= 15 is 0 Å². The Morgan fingerprint density at radius 3 is 1.40 bits per heavy atom. The average Bonchev–Trinajstić information content (AvgIpc) is 3.31. The smallest absolute Gasteiger partial charge is 0.335 e. The number of ether oxygens (including phenoxy) is 2. The fourth-order valence-corrected chi connectivity index (χ4v) is 6.64. The zero-order valence-corrected chi connectivity index (χ0v) is 25.5. The Hall–Kier alpha value is -4.70. The fourth-order valence-electron chi connectivity index (χ4n) is 6.64. The van der Waals surface area contributed by atoms with Gasteiger partial charge in [0.1, 0.15) is 11.5 Å². The fraction of sp³-hybridized carbons (Fsp3) is 0.231. The van der Waals surface area contributed by atoms with Crippen LogP contribution in [-0.2, 0) is 27.8 Å². The second kappa shape index (κ2) is 12.3. The lowest BCUT2D eigenvalue weighted by atomic mass is 9.65. The van der Waals surface area contributed by atoms with Crippen LogP contribution in [0.25, 0.3) is 11.1 Å². The molecule has 4 aromatic carbocycles. The van der Waals surface area contributed by atoms with Gasteiger partial charge < -0.3 is 9.47 Å². The van der Waals surface area contributed by atoms with Crippen molar-refractivity contribution in [2.45, 2.75) is 58.8 Å². The Labute approximate surface area is 254 Å². The van der Waals surface area contributed by atoms with Crippen molar-refractivity contribution in [2.75, 3.05) is 0 Å². The Balaban J connectivity index is 2.04. The number of carbonyl (C=O) groups excluding carboxylic acids is 2. The van der Waals surface area contributed by atoms with Crippen LogP contribution in [0.2, 0.25) is 0 Å². The van der Waals surface area contributed by atoms with Gasteiger partial charge in [-0.05, 0) is 71.2 Å². The maximum Gasteiger partial charge on any atom is 0.335 e. The van der Waals surface area contributed by atoms with Crippen LogP contribution in [0.5, 0.6) is 11.5 Å². The van der Waals surface area contributed by atoms with Gasteiger partial charge in [-0.3, -0.25) is 0 Å². The highest BCUT2D eigenvalue weighted by molar-refractivity contribution is 5.91. The summed E-state index contributed by atoms with van der Waals surface area (Å²) in [4.78, 5) is 25.9. The number of hydrogen-bond acceptors (Lipinski definition) is 4. The van der Waals surface area contributed by atoms with Gasteiger partial charge in [0.2, 0.25) is 0 Å². The molecular weight excluding hydrogens is 532 g/mol. The van der Waals surface area contributed by atoms with Gasteiger partial charge in [0.25, 0.3) is 0 Å². The van der Waals surface area contributed by atoms with E-state index in [9.17, 15) is 9.59 Å². The van der Waals surface area contributed by atoms with E-state index in [2.05, 4.69) is 75.5 Å². The predicted octanol–water partition coefficient (Wildman–Crippen LogP) is 8.75. The van der Waals surface area contributed by atoms with E-state index in [-0.39, 0.29) is 0 Å². The molecule has 0 saturated heterocycles. The lowest BCUT2D eigenvalue weighted by Gasteiger charge is -2.37. The monoisotopic (exact) mass is 570 g/mol. The van der Waals surface area contributed by atoms with E-state index in [1.54, 1.807) is 0 Å². The average molecular weight is 571 g/mol. The van der Waals surface area contributed by atoms with Gasteiger partial charge >= 0.3 is 11.9 Å². The normalized spacial score (nSPS) is 12.7. The first-order valence-electron chi connectivity index (χ1n) is 15.0. The lowest BCUT2D eigenvalue weighted by molar-refractivity contribution is -0.129. The third-order valence-electron chi connectivity index (χ3n) is 8.49. The summed E-state index contributed by atoms with van der Waals surface area (Å²) in [5.41, 5.74) is 8.92.